The second kappa shape index (κ2) is 3.53. The molecule has 5 nitrogen and oxygen atoms in total. The van der Waals surface area contributed by atoms with Gasteiger partial charge in [0.05, 0.1) is 0 Å². The molecule has 0 aliphatic rings. The van der Waals surface area contributed by atoms with Crippen molar-refractivity contribution in [2.75, 3.05) is 0 Å². The minimum Gasteiger partial charge on any atom is -0.274 e. The lowest BCUT2D eigenvalue weighted by molar-refractivity contribution is 0.866. The third-order valence-corrected chi connectivity index (χ3v) is 1.97. The van der Waals surface area contributed by atoms with E-state index in [2.05, 4.69) is 9.97 Å². The monoisotopic (exact) mass is 203 g/mol. The summed E-state index contributed by atoms with van der Waals surface area (Å²) in [6, 6.07) is 4.85. The van der Waals surface area contributed by atoms with Crippen LogP contribution >= 0.6 is 0 Å². The van der Waals surface area contributed by atoms with Crippen LogP contribution in [0.1, 0.15) is 5.56 Å². The molecule has 2 aromatic rings. The number of aromatic nitrogens is 3. The van der Waals surface area contributed by atoms with Gasteiger partial charge in [0.1, 0.15) is 5.82 Å². The lowest BCUT2D eigenvalue weighted by atomic mass is 10.3. The molecule has 2 heterocycles. The number of hydrogen-bond donors (Lipinski definition) is 1. The number of pyridine rings is 1. The van der Waals surface area contributed by atoms with Crippen LogP contribution in [-0.4, -0.2) is 14.5 Å². The van der Waals surface area contributed by atoms with Crippen LogP contribution in [0.3, 0.4) is 0 Å². The SMILES string of the molecule is Cc1ccc(-n2ccc(=O)[nH]c2=O)nc1. The van der Waals surface area contributed by atoms with Crippen LogP contribution in [0.2, 0.25) is 0 Å². The van der Waals surface area contributed by atoms with Crippen LogP contribution in [0.5, 0.6) is 0 Å². The molecule has 1 N–H and O–H groups in total. The van der Waals surface area contributed by atoms with Crippen LogP contribution in [0.25, 0.3) is 5.82 Å². The molecular formula is C10H9N3O2. The van der Waals surface area contributed by atoms with E-state index < -0.39 is 11.2 Å². The minimum atomic E-state index is -0.487. The lowest BCUT2D eigenvalue weighted by Gasteiger charge is -2.02. The summed E-state index contributed by atoms with van der Waals surface area (Å²) in [5, 5.41) is 0. The molecule has 0 saturated heterocycles. The van der Waals surface area contributed by atoms with E-state index in [1.807, 2.05) is 13.0 Å². The highest BCUT2D eigenvalue weighted by Gasteiger charge is 1.99. The van der Waals surface area contributed by atoms with Gasteiger partial charge in [-0.2, -0.15) is 0 Å². The van der Waals surface area contributed by atoms with E-state index in [-0.39, 0.29) is 0 Å². The summed E-state index contributed by atoms with van der Waals surface area (Å²) in [7, 11) is 0. The van der Waals surface area contributed by atoms with Crippen molar-refractivity contribution in [3.63, 3.8) is 0 Å². The van der Waals surface area contributed by atoms with E-state index in [1.165, 1.54) is 16.8 Å². The summed E-state index contributed by atoms with van der Waals surface area (Å²) in [5.74, 6) is 0.488. The second-order valence-corrected chi connectivity index (χ2v) is 3.17. The van der Waals surface area contributed by atoms with Crippen LogP contribution < -0.4 is 11.2 Å². The molecule has 76 valence electrons. The van der Waals surface area contributed by atoms with Gasteiger partial charge in [0.15, 0.2) is 0 Å². The van der Waals surface area contributed by atoms with Gasteiger partial charge in [0.2, 0.25) is 0 Å². The number of nitrogens with one attached hydrogen (secondary N) is 1. The van der Waals surface area contributed by atoms with Crippen molar-refractivity contribution in [2.45, 2.75) is 6.92 Å². The molecule has 0 radical (unpaired) electrons. The van der Waals surface area contributed by atoms with Crippen molar-refractivity contribution < 1.29 is 0 Å². The first-order chi connectivity index (χ1) is 7.16. The van der Waals surface area contributed by atoms with Gasteiger partial charge in [-0.15, -0.1) is 0 Å². The molecule has 2 rings (SSSR count). The minimum absolute atomic E-state index is 0.414. The Morgan fingerprint density at radius 3 is 2.67 bits per heavy atom. The summed E-state index contributed by atoms with van der Waals surface area (Å²) >= 11 is 0. The van der Waals surface area contributed by atoms with E-state index in [4.69, 9.17) is 0 Å². The first-order valence-electron chi connectivity index (χ1n) is 4.42. The summed E-state index contributed by atoms with van der Waals surface area (Å²) in [4.78, 5) is 28.5. The normalized spacial score (nSPS) is 10.2. The zero-order valence-corrected chi connectivity index (χ0v) is 8.10. The molecule has 0 amide bonds. The molecule has 0 aliphatic carbocycles. The fourth-order valence-corrected chi connectivity index (χ4v) is 1.20. The Morgan fingerprint density at radius 1 is 1.27 bits per heavy atom. The van der Waals surface area contributed by atoms with Crippen LogP contribution in [0.4, 0.5) is 0 Å². The van der Waals surface area contributed by atoms with Crippen molar-refractivity contribution in [3.8, 4) is 5.82 Å². The molecule has 0 aromatic carbocycles. The molecule has 0 aliphatic heterocycles. The summed E-state index contributed by atoms with van der Waals surface area (Å²) in [6.45, 7) is 1.91. The molecule has 5 heteroatoms. The lowest BCUT2D eigenvalue weighted by Crippen LogP contribution is -2.27. The van der Waals surface area contributed by atoms with E-state index in [1.54, 1.807) is 12.3 Å². The number of H-pyrrole nitrogens is 1. The third-order valence-electron chi connectivity index (χ3n) is 1.97. The van der Waals surface area contributed by atoms with Crippen molar-refractivity contribution in [2.24, 2.45) is 0 Å². The Balaban J connectivity index is 2.59. The zero-order valence-electron chi connectivity index (χ0n) is 8.10. The van der Waals surface area contributed by atoms with Gasteiger partial charge in [-0.3, -0.25) is 14.3 Å². The number of hydrogen-bond acceptors (Lipinski definition) is 3. The predicted molar refractivity (Wildman–Crippen MR) is 55.2 cm³/mol. The predicted octanol–water partition coefficient (Wildman–Crippen LogP) is 0.229. The van der Waals surface area contributed by atoms with Gasteiger partial charge in [-0.05, 0) is 18.6 Å². The van der Waals surface area contributed by atoms with Gasteiger partial charge >= 0.3 is 5.69 Å². The summed E-state index contributed by atoms with van der Waals surface area (Å²) in [6.07, 6.45) is 3.06. The van der Waals surface area contributed by atoms with Crippen molar-refractivity contribution in [1.82, 2.24) is 14.5 Å². The first kappa shape index (κ1) is 9.39. The average Bonchev–Trinajstić information content (AvgIpc) is 2.20. The Bertz CT molecular complexity index is 581. The van der Waals surface area contributed by atoms with E-state index in [9.17, 15) is 9.59 Å². The topological polar surface area (TPSA) is 67.8 Å². The molecule has 0 spiro atoms. The van der Waals surface area contributed by atoms with Crippen molar-refractivity contribution in [3.05, 3.63) is 57.0 Å². The number of aryl methyl sites for hydroxylation is 1. The van der Waals surface area contributed by atoms with Gasteiger partial charge in [-0.25, -0.2) is 9.78 Å². The second-order valence-electron chi connectivity index (χ2n) is 3.17. The van der Waals surface area contributed by atoms with Crippen LogP contribution in [0.15, 0.2) is 40.2 Å². The van der Waals surface area contributed by atoms with Crippen LogP contribution in [-0.2, 0) is 0 Å². The van der Waals surface area contributed by atoms with Gasteiger partial charge in [0.25, 0.3) is 5.56 Å². The fourth-order valence-electron chi connectivity index (χ4n) is 1.20. The Kier molecular flexibility index (Phi) is 2.21. The molecule has 0 saturated carbocycles. The maximum atomic E-state index is 11.4. The smallest absolute Gasteiger partial charge is 0.274 e. The number of aromatic amines is 1. The Hall–Kier alpha value is -2.17. The maximum Gasteiger partial charge on any atom is 0.334 e. The fraction of sp³-hybridized carbons (Fsp3) is 0.100. The number of nitrogens with zero attached hydrogens (tertiary/aromatic N) is 2. The molecule has 0 fully saturated rings. The summed E-state index contributed by atoms with van der Waals surface area (Å²) in [5.41, 5.74) is 0.110. The highest BCUT2D eigenvalue weighted by Crippen LogP contribution is 2.00. The van der Waals surface area contributed by atoms with Gasteiger partial charge < -0.3 is 0 Å². The van der Waals surface area contributed by atoms with E-state index in [0.717, 1.165) is 5.56 Å². The molecule has 0 bridgehead atoms. The molecule has 0 atom stereocenters. The highest BCUT2D eigenvalue weighted by atomic mass is 16.2. The van der Waals surface area contributed by atoms with Crippen LogP contribution in [0, 0.1) is 6.92 Å². The Morgan fingerprint density at radius 2 is 2.07 bits per heavy atom. The zero-order chi connectivity index (χ0) is 10.8. The Labute approximate surface area is 85.0 Å². The average molecular weight is 203 g/mol. The third kappa shape index (κ3) is 1.85. The molecule has 15 heavy (non-hydrogen) atoms. The largest absolute Gasteiger partial charge is 0.334 e. The molecule has 2 aromatic heterocycles. The van der Waals surface area contributed by atoms with Crippen molar-refractivity contribution >= 4 is 0 Å². The standard InChI is InChI=1S/C10H9N3O2/c1-7-2-3-8(11-6-7)13-5-4-9(14)12-10(13)15/h2-6H,1H3,(H,12,14,15). The summed E-state index contributed by atoms with van der Waals surface area (Å²) < 4.78 is 1.28. The first-order valence-corrected chi connectivity index (χ1v) is 4.42. The number of rotatable bonds is 1. The highest BCUT2D eigenvalue weighted by molar-refractivity contribution is 5.24. The van der Waals surface area contributed by atoms with Gasteiger partial charge in [0, 0.05) is 18.5 Å². The molecular weight excluding hydrogens is 194 g/mol. The van der Waals surface area contributed by atoms with Crippen molar-refractivity contribution in [1.29, 1.82) is 0 Å². The quantitative estimate of drug-likeness (QED) is 0.721. The van der Waals surface area contributed by atoms with E-state index in [0.29, 0.717) is 5.82 Å². The van der Waals surface area contributed by atoms with Gasteiger partial charge in [-0.1, -0.05) is 6.07 Å². The maximum absolute atomic E-state index is 11.4. The molecule has 0 unspecified atom stereocenters. The van der Waals surface area contributed by atoms with E-state index >= 15 is 0 Å².